The molecule has 1 saturated carbocycles. The minimum atomic E-state index is -0.317. The van der Waals surface area contributed by atoms with E-state index in [1.54, 1.807) is 0 Å². The molecule has 0 aromatic heterocycles. The third-order valence-electron chi connectivity index (χ3n) is 4.37. The van der Waals surface area contributed by atoms with Crippen LogP contribution in [0.3, 0.4) is 0 Å². The van der Waals surface area contributed by atoms with E-state index in [1.807, 2.05) is 30.3 Å². The second kappa shape index (κ2) is 6.04. The van der Waals surface area contributed by atoms with Gasteiger partial charge in [0.2, 0.25) is 0 Å². The molecular formula is C16H24N2O. The third kappa shape index (κ3) is 3.56. The molecule has 1 saturated heterocycles. The summed E-state index contributed by atoms with van der Waals surface area (Å²) in [5.41, 5.74) is 1.04. The zero-order valence-electron chi connectivity index (χ0n) is 11.5. The molecule has 3 rings (SSSR count). The lowest BCUT2D eigenvalue weighted by Crippen LogP contribution is -2.47. The molecule has 1 N–H and O–H groups in total. The van der Waals surface area contributed by atoms with Crippen molar-refractivity contribution in [2.45, 2.75) is 31.4 Å². The van der Waals surface area contributed by atoms with E-state index in [1.165, 1.54) is 25.9 Å². The molecule has 1 aromatic rings. The van der Waals surface area contributed by atoms with E-state index in [0.29, 0.717) is 0 Å². The van der Waals surface area contributed by atoms with Crippen LogP contribution in [0.25, 0.3) is 0 Å². The van der Waals surface area contributed by atoms with Crippen molar-refractivity contribution < 1.29 is 5.11 Å². The molecule has 1 aliphatic carbocycles. The van der Waals surface area contributed by atoms with Gasteiger partial charge in [0.15, 0.2) is 0 Å². The Bertz CT molecular complexity index is 383. The van der Waals surface area contributed by atoms with Gasteiger partial charge >= 0.3 is 0 Å². The highest BCUT2D eigenvalue weighted by molar-refractivity contribution is 5.17. The molecule has 19 heavy (non-hydrogen) atoms. The normalized spacial score (nSPS) is 23.4. The molecular weight excluding hydrogens is 236 g/mol. The molecule has 3 heteroatoms. The van der Waals surface area contributed by atoms with Crippen LogP contribution in [0.2, 0.25) is 0 Å². The van der Waals surface area contributed by atoms with Crippen LogP contribution in [0.4, 0.5) is 0 Å². The third-order valence-corrected chi connectivity index (χ3v) is 4.37. The van der Waals surface area contributed by atoms with Crippen molar-refractivity contribution in [3.05, 3.63) is 35.9 Å². The van der Waals surface area contributed by atoms with Crippen LogP contribution in [0.1, 0.15) is 30.9 Å². The molecule has 0 amide bonds. The Kier molecular flexibility index (Phi) is 4.16. The van der Waals surface area contributed by atoms with Gasteiger partial charge in [0, 0.05) is 38.8 Å². The van der Waals surface area contributed by atoms with E-state index in [2.05, 4.69) is 9.80 Å². The molecule has 1 atom stereocenters. The summed E-state index contributed by atoms with van der Waals surface area (Å²) in [6.07, 6.45) is 3.34. The van der Waals surface area contributed by atoms with E-state index in [9.17, 15) is 5.11 Å². The first-order valence-corrected chi connectivity index (χ1v) is 7.52. The molecule has 3 nitrogen and oxygen atoms in total. The van der Waals surface area contributed by atoms with Gasteiger partial charge in [-0.15, -0.1) is 0 Å². The summed E-state index contributed by atoms with van der Waals surface area (Å²) in [5.74, 6) is 0. The first-order valence-electron chi connectivity index (χ1n) is 7.52. The summed E-state index contributed by atoms with van der Waals surface area (Å²) >= 11 is 0. The Morgan fingerprint density at radius 1 is 1.05 bits per heavy atom. The zero-order valence-corrected chi connectivity index (χ0v) is 11.5. The molecule has 1 aromatic carbocycles. The van der Waals surface area contributed by atoms with Crippen LogP contribution >= 0.6 is 0 Å². The molecule has 0 radical (unpaired) electrons. The molecule has 0 spiro atoms. The van der Waals surface area contributed by atoms with E-state index in [0.717, 1.165) is 37.7 Å². The number of benzene rings is 1. The maximum atomic E-state index is 10.2. The smallest absolute Gasteiger partial charge is 0.0802 e. The fourth-order valence-corrected chi connectivity index (χ4v) is 2.94. The van der Waals surface area contributed by atoms with Gasteiger partial charge in [0.25, 0.3) is 0 Å². The summed E-state index contributed by atoms with van der Waals surface area (Å²) in [6, 6.07) is 10.9. The van der Waals surface area contributed by atoms with Crippen LogP contribution in [0.5, 0.6) is 0 Å². The number of aliphatic hydroxyl groups excluding tert-OH is 1. The van der Waals surface area contributed by atoms with Crippen molar-refractivity contribution in [1.82, 2.24) is 9.80 Å². The lowest BCUT2D eigenvalue weighted by Gasteiger charge is -2.35. The quantitative estimate of drug-likeness (QED) is 0.876. The topological polar surface area (TPSA) is 26.7 Å². The minimum Gasteiger partial charge on any atom is -0.388 e. The second-order valence-corrected chi connectivity index (χ2v) is 5.82. The standard InChI is InChI=1S/C16H24N2O/c19-16(14-4-2-1-3-5-14)8-9-17-10-12-18(13-11-17)15-6-7-15/h1-5,15-16,19H,6-13H2. The van der Waals surface area contributed by atoms with Crippen molar-refractivity contribution in [2.75, 3.05) is 32.7 Å². The van der Waals surface area contributed by atoms with Crippen LogP contribution in [0.15, 0.2) is 30.3 Å². The molecule has 0 bridgehead atoms. The van der Waals surface area contributed by atoms with Crippen LogP contribution in [-0.4, -0.2) is 53.7 Å². The van der Waals surface area contributed by atoms with Crippen molar-refractivity contribution in [1.29, 1.82) is 0 Å². The predicted octanol–water partition coefficient (Wildman–Crippen LogP) is 1.89. The average molecular weight is 260 g/mol. The highest BCUT2D eigenvalue weighted by Crippen LogP contribution is 2.27. The first-order chi connectivity index (χ1) is 9.33. The van der Waals surface area contributed by atoms with Gasteiger partial charge < -0.3 is 10.0 Å². The summed E-state index contributed by atoms with van der Waals surface area (Å²) in [4.78, 5) is 5.12. The molecule has 1 heterocycles. The fraction of sp³-hybridized carbons (Fsp3) is 0.625. The van der Waals surface area contributed by atoms with Crippen molar-refractivity contribution in [3.63, 3.8) is 0 Å². The highest BCUT2D eigenvalue weighted by Gasteiger charge is 2.31. The number of piperazine rings is 1. The van der Waals surface area contributed by atoms with Crippen LogP contribution < -0.4 is 0 Å². The van der Waals surface area contributed by atoms with Gasteiger partial charge in [0.05, 0.1) is 6.10 Å². The molecule has 2 aliphatic rings. The van der Waals surface area contributed by atoms with Gasteiger partial charge in [-0.2, -0.15) is 0 Å². The number of rotatable bonds is 5. The minimum absolute atomic E-state index is 0.317. The summed E-state index contributed by atoms with van der Waals surface area (Å²) < 4.78 is 0. The first kappa shape index (κ1) is 13.1. The fourth-order valence-electron chi connectivity index (χ4n) is 2.94. The van der Waals surface area contributed by atoms with E-state index in [4.69, 9.17) is 0 Å². The Hall–Kier alpha value is -0.900. The maximum Gasteiger partial charge on any atom is 0.0802 e. The lowest BCUT2D eigenvalue weighted by molar-refractivity contribution is 0.0990. The summed E-state index contributed by atoms with van der Waals surface area (Å²) in [5, 5.41) is 10.2. The van der Waals surface area contributed by atoms with Crippen molar-refractivity contribution in [3.8, 4) is 0 Å². The zero-order chi connectivity index (χ0) is 13.1. The largest absolute Gasteiger partial charge is 0.388 e. The monoisotopic (exact) mass is 260 g/mol. The average Bonchev–Trinajstić information content (AvgIpc) is 3.31. The van der Waals surface area contributed by atoms with E-state index >= 15 is 0 Å². The highest BCUT2D eigenvalue weighted by atomic mass is 16.3. The summed E-state index contributed by atoms with van der Waals surface area (Å²) in [7, 11) is 0. The lowest BCUT2D eigenvalue weighted by atomic mass is 10.1. The van der Waals surface area contributed by atoms with Crippen LogP contribution in [-0.2, 0) is 0 Å². The van der Waals surface area contributed by atoms with Crippen LogP contribution in [0, 0.1) is 0 Å². The van der Waals surface area contributed by atoms with Crippen molar-refractivity contribution in [2.24, 2.45) is 0 Å². The molecule has 104 valence electrons. The van der Waals surface area contributed by atoms with E-state index in [-0.39, 0.29) is 6.10 Å². The maximum absolute atomic E-state index is 10.2. The van der Waals surface area contributed by atoms with Gasteiger partial charge in [-0.3, -0.25) is 4.90 Å². The van der Waals surface area contributed by atoms with E-state index < -0.39 is 0 Å². The van der Waals surface area contributed by atoms with Crippen molar-refractivity contribution >= 4 is 0 Å². The van der Waals surface area contributed by atoms with Gasteiger partial charge in [0.1, 0.15) is 0 Å². The van der Waals surface area contributed by atoms with Gasteiger partial charge in [-0.05, 0) is 24.8 Å². The second-order valence-electron chi connectivity index (χ2n) is 5.82. The predicted molar refractivity (Wildman–Crippen MR) is 77.1 cm³/mol. The molecule has 1 unspecified atom stereocenters. The Labute approximate surface area is 115 Å². The number of nitrogens with zero attached hydrogens (tertiary/aromatic N) is 2. The van der Waals surface area contributed by atoms with Gasteiger partial charge in [-0.1, -0.05) is 30.3 Å². The number of aliphatic hydroxyl groups is 1. The van der Waals surface area contributed by atoms with Gasteiger partial charge in [-0.25, -0.2) is 0 Å². The number of hydrogen-bond acceptors (Lipinski definition) is 3. The number of hydrogen-bond donors (Lipinski definition) is 1. The molecule has 2 fully saturated rings. The molecule has 1 aliphatic heterocycles. The SMILES string of the molecule is OC(CCN1CCN(C2CC2)CC1)c1ccccc1. The Morgan fingerprint density at radius 3 is 2.37 bits per heavy atom. The summed E-state index contributed by atoms with van der Waals surface area (Å²) in [6.45, 7) is 5.77. The Morgan fingerprint density at radius 2 is 1.74 bits per heavy atom. The Balaban J connectivity index is 1.40.